The van der Waals surface area contributed by atoms with Gasteiger partial charge in [-0.15, -0.1) is 0 Å². The molecule has 0 aliphatic carbocycles. The average molecular weight is 244 g/mol. The Kier molecular flexibility index (Phi) is 2.76. The Morgan fingerprint density at radius 1 is 1.50 bits per heavy atom. The van der Waals surface area contributed by atoms with Crippen molar-refractivity contribution in [1.29, 1.82) is 0 Å². The summed E-state index contributed by atoms with van der Waals surface area (Å²) in [5.41, 5.74) is 7.55. The number of hydrogen-bond acceptors (Lipinski definition) is 3. The Morgan fingerprint density at radius 3 is 3.22 bits per heavy atom. The SMILES string of the molecule is NC1CCCN(C(=O)c2ccn3cncc3c2)C1. The van der Waals surface area contributed by atoms with Crippen LogP contribution in [0.15, 0.2) is 30.9 Å². The third kappa shape index (κ3) is 1.97. The van der Waals surface area contributed by atoms with Crippen LogP contribution in [0.5, 0.6) is 0 Å². The number of imidazole rings is 1. The molecule has 1 saturated heterocycles. The Bertz CT molecular complexity index is 577. The van der Waals surface area contributed by atoms with Crippen LogP contribution in [0, 0.1) is 0 Å². The molecule has 2 aromatic rings. The molecule has 0 bridgehead atoms. The van der Waals surface area contributed by atoms with Gasteiger partial charge in [0.25, 0.3) is 5.91 Å². The molecule has 3 heterocycles. The average Bonchev–Trinajstić information content (AvgIpc) is 2.85. The van der Waals surface area contributed by atoms with Crippen LogP contribution in [0.1, 0.15) is 23.2 Å². The number of likely N-dealkylation sites (tertiary alicyclic amines) is 1. The molecule has 1 unspecified atom stereocenters. The second-order valence-electron chi connectivity index (χ2n) is 4.79. The van der Waals surface area contributed by atoms with Gasteiger partial charge in [-0.25, -0.2) is 4.98 Å². The number of carbonyl (C=O) groups is 1. The number of rotatable bonds is 1. The standard InChI is InChI=1S/C13H16N4O/c14-11-2-1-4-16(8-11)13(18)10-3-5-17-9-15-7-12(17)6-10/h3,5-7,9,11H,1-2,4,8,14H2. The molecule has 5 nitrogen and oxygen atoms in total. The molecular weight excluding hydrogens is 228 g/mol. The van der Waals surface area contributed by atoms with E-state index in [1.165, 1.54) is 0 Å². The molecule has 3 rings (SSSR count). The second kappa shape index (κ2) is 4.42. The molecule has 2 N–H and O–H groups in total. The molecule has 0 saturated carbocycles. The zero-order valence-corrected chi connectivity index (χ0v) is 10.1. The highest BCUT2D eigenvalue weighted by Gasteiger charge is 2.22. The van der Waals surface area contributed by atoms with E-state index in [2.05, 4.69) is 4.98 Å². The van der Waals surface area contributed by atoms with E-state index in [0.29, 0.717) is 12.1 Å². The summed E-state index contributed by atoms with van der Waals surface area (Å²) in [4.78, 5) is 18.2. The quantitative estimate of drug-likeness (QED) is 0.810. The Morgan fingerprint density at radius 2 is 2.39 bits per heavy atom. The van der Waals surface area contributed by atoms with Gasteiger partial charge in [0.1, 0.15) is 0 Å². The van der Waals surface area contributed by atoms with Gasteiger partial charge < -0.3 is 15.0 Å². The van der Waals surface area contributed by atoms with E-state index in [1.807, 2.05) is 27.6 Å². The first kappa shape index (κ1) is 11.2. The van der Waals surface area contributed by atoms with Crippen LogP contribution in [0.25, 0.3) is 5.52 Å². The van der Waals surface area contributed by atoms with Crippen LogP contribution in [-0.2, 0) is 0 Å². The molecule has 0 aromatic carbocycles. The molecule has 1 amide bonds. The lowest BCUT2D eigenvalue weighted by atomic mass is 10.1. The largest absolute Gasteiger partial charge is 0.337 e. The van der Waals surface area contributed by atoms with Gasteiger partial charge in [-0.3, -0.25) is 4.79 Å². The maximum Gasteiger partial charge on any atom is 0.254 e. The number of hydrogen-bond donors (Lipinski definition) is 1. The Balaban J connectivity index is 1.86. The number of aromatic nitrogens is 2. The maximum atomic E-state index is 12.4. The summed E-state index contributed by atoms with van der Waals surface area (Å²) in [5.74, 6) is 0.0638. The monoisotopic (exact) mass is 244 g/mol. The number of carbonyl (C=O) groups excluding carboxylic acids is 1. The van der Waals surface area contributed by atoms with Crippen LogP contribution in [-0.4, -0.2) is 39.3 Å². The molecule has 1 aliphatic rings. The van der Waals surface area contributed by atoms with Crippen molar-refractivity contribution in [3.63, 3.8) is 0 Å². The topological polar surface area (TPSA) is 63.6 Å². The Labute approximate surface area is 105 Å². The van der Waals surface area contributed by atoms with Crippen molar-refractivity contribution in [2.45, 2.75) is 18.9 Å². The normalized spacial score (nSPS) is 20.3. The molecule has 1 fully saturated rings. The predicted molar refractivity (Wildman–Crippen MR) is 68.3 cm³/mol. The van der Waals surface area contributed by atoms with Gasteiger partial charge in [0.2, 0.25) is 0 Å². The third-order valence-corrected chi connectivity index (χ3v) is 3.41. The van der Waals surface area contributed by atoms with Crippen LogP contribution in [0.2, 0.25) is 0 Å². The summed E-state index contributed by atoms with van der Waals surface area (Å²) < 4.78 is 1.89. The third-order valence-electron chi connectivity index (χ3n) is 3.41. The van der Waals surface area contributed by atoms with Crippen LogP contribution in [0.3, 0.4) is 0 Å². The van der Waals surface area contributed by atoms with Crippen molar-refractivity contribution in [3.8, 4) is 0 Å². The fourth-order valence-electron chi connectivity index (χ4n) is 2.43. The van der Waals surface area contributed by atoms with Crippen LogP contribution >= 0.6 is 0 Å². The summed E-state index contributed by atoms with van der Waals surface area (Å²) in [6, 6.07) is 3.81. The highest BCUT2D eigenvalue weighted by atomic mass is 16.2. The number of piperidine rings is 1. The van der Waals surface area contributed by atoms with E-state index in [-0.39, 0.29) is 11.9 Å². The van der Waals surface area contributed by atoms with E-state index in [9.17, 15) is 4.79 Å². The minimum Gasteiger partial charge on any atom is -0.337 e. The lowest BCUT2D eigenvalue weighted by molar-refractivity contribution is 0.0709. The first-order valence-electron chi connectivity index (χ1n) is 6.20. The fourth-order valence-corrected chi connectivity index (χ4v) is 2.43. The molecule has 1 aliphatic heterocycles. The second-order valence-corrected chi connectivity index (χ2v) is 4.79. The first-order valence-corrected chi connectivity index (χ1v) is 6.20. The van der Waals surface area contributed by atoms with Gasteiger partial charge in [-0.2, -0.15) is 0 Å². The van der Waals surface area contributed by atoms with Gasteiger partial charge in [0.05, 0.1) is 18.0 Å². The van der Waals surface area contributed by atoms with E-state index in [4.69, 9.17) is 5.73 Å². The summed E-state index contributed by atoms with van der Waals surface area (Å²) in [6.45, 7) is 1.46. The smallest absolute Gasteiger partial charge is 0.254 e. The number of nitrogens with zero attached hydrogens (tertiary/aromatic N) is 3. The molecule has 0 radical (unpaired) electrons. The van der Waals surface area contributed by atoms with Crippen LogP contribution in [0.4, 0.5) is 0 Å². The van der Waals surface area contributed by atoms with Gasteiger partial charge in [0, 0.05) is 30.9 Å². The molecule has 1 atom stereocenters. The van der Waals surface area contributed by atoms with Gasteiger partial charge in [0.15, 0.2) is 0 Å². The molecule has 94 valence electrons. The number of fused-ring (bicyclic) bond motifs is 1. The highest BCUT2D eigenvalue weighted by Crippen LogP contribution is 2.14. The fraction of sp³-hybridized carbons (Fsp3) is 0.385. The lowest BCUT2D eigenvalue weighted by Crippen LogP contribution is -2.45. The zero-order valence-electron chi connectivity index (χ0n) is 10.1. The van der Waals surface area contributed by atoms with Gasteiger partial charge >= 0.3 is 0 Å². The highest BCUT2D eigenvalue weighted by molar-refractivity contribution is 5.95. The minimum absolute atomic E-state index is 0.0638. The van der Waals surface area contributed by atoms with Crippen LogP contribution < -0.4 is 5.73 Å². The molecule has 2 aromatic heterocycles. The predicted octanol–water partition coefficient (Wildman–Crippen LogP) is 0.898. The lowest BCUT2D eigenvalue weighted by Gasteiger charge is -2.30. The summed E-state index contributed by atoms with van der Waals surface area (Å²) in [7, 11) is 0. The van der Waals surface area contributed by atoms with Crippen molar-refractivity contribution < 1.29 is 4.79 Å². The zero-order chi connectivity index (χ0) is 12.5. The molecule has 0 spiro atoms. The van der Waals surface area contributed by atoms with Crippen molar-refractivity contribution >= 4 is 11.4 Å². The van der Waals surface area contributed by atoms with Gasteiger partial charge in [-0.05, 0) is 25.0 Å². The summed E-state index contributed by atoms with van der Waals surface area (Å²) in [5, 5.41) is 0. The molecular formula is C13H16N4O. The van der Waals surface area contributed by atoms with Gasteiger partial charge in [-0.1, -0.05) is 0 Å². The Hall–Kier alpha value is -1.88. The number of nitrogens with two attached hydrogens (primary N) is 1. The molecule has 5 heteroatoms. The van der Waals surface area contributed by atoms with Crippen molar-refractivity contribution in [2.75, 3.05) is 13.1 Å². The van der Waals surface area contributed by atoms with E-state index in [0.717, 1.165) is 24.9 Å². The van der Waals surface area contributed by atoms with Crippen molar-refractivity contribution in [3.05, 3.63) is 36.4 Å². The summed E-state index contributed by atoms with van der Waals surface area (Å²) in [6.07, 6.45) is 7.33. The first-order chi connectivity index (χ1) is 8.74. The minimum atomic E-state index is 0.0638. The maximum absolute atomic E-state index is 12.4. The van der Waals surface area contributed by atoms with Crippen molar-refractivity contribution in [1.82, 2.24) is 14.3 Å². The number of pyridine rings is 1. The summed E-state index contributed by atoms with van der Waals surface area (Å²) >= 11 is 0. The van der Waals surface area contributed by atoms with Crippen molar-refractivity contribution in [2.24, 2.45) is 5.73 Å². The van der Waals surface area contributed by atoms with E-state index in [1.54, 1.807) is 12.5 Å². The van der Waals surface area contributed by atoms with E-state index < -0.39 is 0 Å². The van der Waals surface area contributed by atoms with E-state index >= 15 is 0 Å². The number of amides is 1. The molecule has 18 heavy (non-hydrogen) atoms.